The number of alkyl halides is 1. The number of aliphatic hydroxyl groups excluding tert-OH is 1. The molecule has 0 aliphatic carbocycles. The van der Waals surface area contributed by atoms with Crippen LogP contribution in [0.5, 0.6) is 0 Å². The number of amides is 1. The summed E-state index contributed by atoms with van der Waals surface area (Å²) in [6, 6.07) is 7.35. The molecule has 4 heteroatoms. The maximum absolute atomic E-state index is 11.4. The van der Waals surface area contributed by atoms with Gasteiger partial charge in [-0.2, -0.15) is 0 Å². The average molecular weight is 258 g/mol. The highest BCUT2D eigenvalue weighted by Gasteiger charge is 2.04. The number of rotatable bonds is 4. The predicted octanol–water partition coefficient (Wildman–Crippen LogP) is 1.30. The summed E-state index contributed by atoms with van der Waals surface area (Å²) in [6.45, 7) is 0.251. The summed E-state index contributed by atoms with van der Waals surface area (Å²) in [5.74, 6) is -0.151. The molecule has 14 heavy (non-hydrogen) atoms. The van der Waals surface area contributed by atoms with Gasteiger partial charge < -0.3 is 10.4 Å². The zero-order valence-corrected chi connectivity index (χ0v) is 9.25. The van der Waals surface area contributed by atoms with Gasteiger partial charge in [0.15, 0.2) is 0 Å². The number of nitrogens with one attached hydrogen (secondary N) is 1. The first-order valence-electron chi connectivity index (χ1n) is 4.32. The third kappa shape index (κ3) is 3.12. The van der Waals surface area contributed by atoms with Gasteiger partial charge in [0.1, 0.15) is 0 Å². The highest BCUT2D eigenvalue weighted by molar-refractivity contribution is 9.08. The molecule has 76 valence electrons. The minimum Gasteiger partial charge on any atom is -0.395 e. The summed E-state index contributed by atoms with van der Waals surface area (Å²) in [6.07, 6.45) is 0. The van der Waals surface area contributed by atoms with Gasteiger partial charge in [-0.1, -0.05) is 28.1 Å². The molecule has 0 saturated carbocycles. The van der Waals surface area contributed by atoms with Crippen molar-refractivity contribution < 1.29 is 9.90 Å². The fraction of sp³-hybridized carbons (Fsp3) is 0.300. The molecule has 0 bridgehead atoms. The van der Waals surface area contributed by atoms with Crippen LogP contribution < -0.4 is 5.32 Å². The number of hydrogen-bond donors (Lipinski definition) is 2. The second kappa shape index (κ2) is 5.78. The number of halogens is 1. The number of carbonyl (C=O) groups excluding carboxylic acids is 1. The topological polar surface area (TPSA) is 49.3 Å². The summed E-state index contributed by atoms with van der Waals surface area (Å²) >= 11 is 3.32. The molecule has 1 rings (SSSR count). The SMILES string of the molecule is O=C(NCCO)c1cccc(CBr)c1. The Balaban J connectivity index is 2.69. The minimum absolute atomic E-state index is 0.0378. The van der Waals surface area contributed by atoms with Crippen LogP contribution in [0.25, 0.3) is 0 Å². The van der Waals surface area contributed by atoms with E-state index < -0.39 is 0 Å². The molecular formula is C10H12BrNO2. The van der Waals surface area contributed by atoms with Crippen LogP contribution in [0.3, 0.4) is 0 Å². The molecule has 0 radical (unpaired) electrons. The standard InChI is InChI=1S/C10H12BrNO2/c11-7-8-2-1-3-9(6-8)10(14)12-4-5-13/h1-3,6,13H,4-5,7H2,(H,12,14). The molecule has 1 aromatic carbocycles. The van der Waals surface area contributed by atoms with E-state index in [9.17, 15) is 4.79 Å². The molecule has 0 aliphatic heterocycles. The Labute approximate surface area is 91.3 Å². The molecule has 0 heterocycles. The lowest BCUT2D eigenvalue weighted by molar-refractivity contribution is 0.0944. The predicted molar refractivity (Wildman–Crippen MR) is 58.5 cm³/mol. The summed E-state index contributed by atoms with van der Waals surface area (Å²) in [5, 5.41) is 11.9. The molecule has 0 saturated heterocycles. The number of hydrogen-bond acceptors (Lipinski definition) is 2. The summed E-state index contributed by atoms with van der Waals surface area (Å²) in [7, 11) is 0. The summed E-state index contributed by atoms with van der Waals surface area (Å²) in [4.78, 5) is 11.4. The van der Waals surface area contributed by atoms with Gasteiger partial charge in [-0.3, -0.25) is 4.79 Å². The molecule has 3 nitrogen and oxygen atoms in total. The zero-order valence-electron chi connectivity index (χ0n) is 7.66. The Morgan fingerprint density at radius 2 is 2.29 bits per heavy atom. The third-order valence-corrected chi connectivity index (χ3v) is 2.39. The quantitative estimate of drug-likeness (QED) is 0.800. The monoisotopic (exact) mass is 257 g/mol. The molecular weight excluding hydrogens is 246 g/mol. The van der Waals surface area contributed by atoms with Crippen molar-refractivity contribution in [1.29, 1.82) is 0 Å². The molecule has 0 fully saturated rings. The van der Waals surface area contributed by atoms with Gasteiger partial charge in [0.2, 0.25) is 0 Å². The van der Waals surface area contributed by atoms with E-state index in [1.165, 1.54) is 0 Å². The number of carbonyl (C=O) groups is 1. The van der Waals surface area contributed by atoms with E-state index in [-0.39, 0.29) is 19.1 Å². The molecule has 0 atom stereocenters. The van der Waals surface area contributed by atoms with E-state index >= 15 is 0 Å². The van der Waals surface area contributed by atoms with Gasteiger partial charge in [-0.15, -0.1) is 0 Å². The van der Waals surface area contributed by atoms with E-state index in [1.807, 2.05) is 18.2 Å². The molecule has 2 N–H and O–H groups in total. The fourth-order valence-electron chi connectivity index (χ4n) is 1.07. The lowest BCUT2D eigenvalue weighted by atomic mass is 10.1. The van der Waals surface area contributed by atoms with E-state index in [0.717, 1.165) is 10.9 Å². The second-order valence-electron chi connectivity index (χ2n) is 2.81. The van der Waals surface area contributed by atoms with Crippen molar-refractivity contribution in [3.63, 3.8) is 0 Å². The molecule has 0 aromatic heterocycles. The Bertz CT molecular complexity index is 315. The first-order chi connectivity index (χ1) is 6.77. The number of aliphatic hydroxyl groups is 1. The van der Waals surface area contributed by atoms with Crippen molar-refractivity contribution in [3.8, 4) is 0 Å². The van der Waals surface area contributed by atoms with Crippen molar-refractivity contribution in [2.75, 3.05) is 13.2 Å². The molecule has 1 amide bonds. The van der Waals surface area contributed by atoms with Crippen LogP contribution >= 0.6 is 15.9 Å². The largest absolute Gasteiger partial charge is 0.395 e. The van der Waals surface area contributed by atoms with Crippen molar-refractivity contribution in [1.82, 2.24) is 5.32 Å². The molecule has 0 aliphatic rings. The van der Waals surface area contributed by atoms with Crippen LogP contribution in [0.2, 0.25) is 0 Å². The van der Waals surface area contributed by atoms with Gasteiger partial charge in [0.05, 0.1) is 6.61 Å². The Kier molecular flexibility index (Phi) is 4.62. The first-order valence-corrected chi connectivity index (χ1v) is 5.44. The first kappa shape index (κ1) is 11.2. The Hall–Kier alpha value is -0.870. The summed E-state index contributed by atoms with van der Waals surface area (Å²) < 4.78 is 0. The van der Waals surface area contributed by atoms with Gasteiger partial charge in [-0.05, 0) is 17.7 Å². The lowest BCUT2D eigenvalue weighted by Crippen LogP contribution is -2.26. The highest BCUT2D eigenvalue weighted by atomic mass is 79.9. The van der Waals surface area contributed by atoms with Crippen molar-refractivity contribution in [2.24, 2.45) is 0 Å². The van der Waals surface area contributed by atoms with Crippen molar-refractivity contribution in [3.05, 3.63) is 35.4 Å². The molecule has 1 aromatic rings. The van der Waals surface area contributed by atoms with Crippen molar-refractivity contribution in [2.45, 2.75) is 5.33 Å². The van der Waals surface area contributed by atoms with Crippen LogP contribution in [0.1, 0.15) is 15.9 Å². The van der Waals surface area contributed by atoms with Gasteiger partial charge >= 0.3 is 0 Å². The fourth-order valence-corrected chi connectivity index (χ4v) is 1.42. The van der Waals surface area contributed by atoms with Crippen LogP contribution in [0.15, 0.2) is 24.3 Å². The zero-order chi connectivity index (χ0) is 10.4. The lowest BCUT2D eigenvalue weighted by Gasteiger charge is -2.04. The second-order valence-corrected chi connectivity index (χ2v) is 3.37. The van der Waals surface area contributed by atoms with Gasteiger partial charge in [0.25, 0.3) is 5.91 Å². The molecule has 0 unspecified atom stereocenters. The smallest absolute Gasteiger partial charge is 0.251 e. The van der Waals surface area contributed by atoms with Crippen LogP contribution in [0.4, 0.5) is 0 Å². The normalized spacial score (nSPS) is 9.86. The number of benzene rings is 1. The Morgan fingerprint density at radius 1 is 1.50 bits per heavy atom. The highest BCUT2D eigenvalue weighted by Crippen LogP contribution is 2.08. The van der Waals surface area contributed by atoms with Gasteiger partial charge in [0, 0.05) is 17.4 Å². The van der Waals surface area contributed by atoms with Crippen LogP contribution in [0, 0.1) is 0 Å². The maximum Gasteiger partial charge on any atom is 0.251 e. The van der Waals surface area contributed by atoms with Gasteiger partial charge in [-0.25, -0.2) is 0 Å². The van der Waals surface area contributed by atoms with Crippen molar-refractivity contribution >= 4 is 21.8 Å². The van der Waals surface area contributed by atoms with E-state index in [2.05, 4.69) is 21.2 Å². The Morgan fingerprint density at radius 3 is 2.93 bits per heavy atom. The molecule has 0 spiro atoms. The third-order valence-electron chi connectivity index (χ3n) is 1.74. The summed E-state index contributed by atoms with van der Waals surface area (Å²) in [5.41, 5.74) is 1.68. The maximum atomic E-state index is 11.4. The van der Waals surface area contributed by atoms with Crippen LogP contribution in [-0.2, 0) is 5.33 Å². The van der Waals surface area contributed by atoms with E-state index in [1.54, 1.807) is 6.07 Å². The minimum atomic E-state index is -0.151. The average Bonchev–Trinajstić information content (AvgIpc) is 2.26. The van der Waals surface area contributed by atoms with Crippen LogP contribution in [-0.4, -0.2) is 24.2 Å². The van der Waals surface area contributed by atoms with E-state index in [4.69, 9.17) is 5.11 Å². The van der Waals surface area contributed by atoms with E-state index in [0.29, 0.717) is 5.56 Å².